The van der Waals surface area contributed by atoms with Gasteiger partial charge in [-0.1, -0.05) is 0 Å². The van der Waals surface area contributed by atoms with Crippen LogP contribution in [0.2, 0.25) is 0 Å². The van der Waals surface area contributed by atoms with Gasteiger partial charge in [0.05, 0.1) is 11.7 Å². The third kappa shape index (κ3) is 4.06. The van der Waals surface area contributed by atoms with Gasteiger partial charge in [0.15, 0.2) is 0 Å². The van der Waals surface area contributed by atoms with Crippen LogP contribution in [0, 0.1) is 13.8 Å². The molecule has 2 aromatic heterocycles. The Hall–Kier alpha value is -2.37. The maximum absolute atomic E-state index is 12.8. The number of hydrogen-bond acceptors (Lipinski definition) is 4. The predicted octanol–water partition coefficient (Wildman–Crippen LogP) is 3.10. The van der Waals surface area contributed by atoms with Crippen molar-refractivity contribution in [1.29, 1.82) is 0 Å². The molecule has 6 nitrogen and oxygen atoms in total. The van der Waals surface area contributed by atoms with Gasteiger partial charge in [-0.05, 0) is 56.9 Å². The second-order valence-electron chi connectivity index (χ2n) is 7.34. The third-order valence-electron chi connectivity index (χ3n) is 5.05. The molecule has 0 aromatic carbocycles. The first-order valence-electron chi connectivity index (χ1n) is 9.39. The maximum atomic E-state index is 12.8. The molecule has 1 atom stereocenters. The molecule has 140 valence electrons. The van der Waals surface area contributed by atoms with E-state index in [0.29, 0.717) is 6.42 Å². The predicted molar refractivity (Wildman–Crippen MR) is 103 cm³/mol. The molecule has 0 saturated carbocycles. The van der Waals surface area contributed by atoms with Crippen molar-refractivity contribution in [2.75, 3.05) is 25.5 Å². The molecule has 1 saturated heterocycles. The lowest BCUT2D eigenvalue weighted by atomic mass is 10.1. The Bertz CT molecular complexity index is 767. The highest BCUT2D eigenvalue weighted by Crippen LogP contribution is 2.33. The number of carbonyl (C=O) groups is 1. The molecule has 1 amide bonds. The van der Waals surface area contributed by atoms with E-state index in [-0.39, 0.29) is 11.9 Å². The number of aryl methyl sites for hydroxylation is 3. The van der Waals surface area contributed by atoms with Crippen LogP contribution in [0.4, 0.5) is 5.82 Å². The molecule has 0 spiro atoms. The zero-order valence-electron chi connectivity index (χ0n) is 16.3. The normalized spacial score (nSPS) is 16.9. The highest BCUT2D eigenvalue weighted by molar-refractivity contribution is 5.77. The van der Waals surface area contributed by atoms with Crippen molar-refractivity contribution in [2.45, 2.75) is 52.1 Å². The van der Waals surface area contributed by atoms with Gasteiger partial charge in [-0.15, -0.1) is 0 Å². The van der Waals surface area contributed by atoms with E-state index in [1.165, 1.54) is 5.56 Å². The minimum absolute atomic E-state index is 0.179. The SMILES string of the molecule is Cc1cc(C)n(CCCC(=O)N2CCC[C@H]2c2ccnc(N(C)C)c2)n1. The first-order chi connectivity index (χ1) is 12.5. The topological polar surface area (TPSA) is 54.3 Å². The van der Waals surface area contributed by atoms with E-state index in [1.54, 1.807) is 0 Å². The average Bonchev–Trinajstić information content (AvgIpc) is 3.21. The minimum atomic E-state index is 0.179. The van der Waals surface area contributed by atoms with Crippen LogP contribution in [0.15, 0.2) is 24.4 Å². The fourth-order valence-corrected chi connectivity index (χ4v) is 3.72. The van der Waals surface area contributed by atoms with Gasteiger partial charge in [-0.3, -0.25) is 9.48 Å². The summed E-state index contributed by atoms with van der Waals surface area (Å²) in [6, 6.07) is 6.40. The van der Waals surface area contributed by atoms with Gasteiger partial charge in [0.25, 0.3) is 0 Å². The second kappa shape index (κ2) is 7.89. The highest BCUT2D eigenvalue weighted by atomic mass is 16.2. The molecule has 0 bridgehead atoms. The fraction of sp³-hybridized carbons (Fsp3) is 0.550. The molecule has 0 unspecified atom stereocenters. The van der Waals surface area contributed by atoms with Crippen LogP contribution in [0.3, 0.4) is 0 Å². The second-order valence-corrected chi connectivity index (χ2v) is 7.34. The molecule has 2 aromatic rings. The van der Waals surface area contributed by atoms with Crippen molar-refractivity contribution in [1.82, 2.24) is 19.7 Å². The Balaban J connectivity index is 1.61. The molecule has 6 heteroatoms. The summed E-state index contributed by atoms with van der Waals surface area (Å²) in [5.41, 5.74) is 3.37. The molecular formula is C20H29N5O. The van der Waals surface area contributed by atoms with E-state index in [1.807, 2.05) is 42.9 Å². The molecule has 1 fully saturated rings. The van der Waals surface area contributed by atoms with Gasteiger partial charge in [-0.25, -0.2) is 4.98 Å². The lowest BCUT2D eigenvalue weighted by Crippen LogP contribution is -2.30. The number of anilines is 1. The molecule has 26 heavy (non-hydrogen) atoms. The number of hydrogen-bond donors (Lipinski definition) is 0. The monoisotopic (exact) mass is 355 g/mol. The number of nitrogens with zero attached hydrogens (tertiary/aromatic N) is 5. The zero-order valence-corrected chi connectivity index (χ0v) is 16.3. The van der Waals surface area contributed by atoms with E-state index >= 15 is 0 Å². The number of pyridine rings is 1. The summed E-state index contributed by atoms with van der Waals surface area (Å²) >= 11 is 0. The van der Waals surface area contributed by atoms with E-state index in [4.69, 9.17) is 0 Å². The summed E-state index contributed by atoms with van der Waals surface area (Å²) in [6.07, 6.45) is 5.33. The Kier molecular flexibility index (Phi) is 5.59. The van der Waals surface area contributed by atoms with E-state index < -0.39 is 0 Å². The van der Waals surface area contributed by atoms with Crippen LogP contribution in [0.25, 0.3) is 0 Å². The Labute approximate surface area is 155 Å². The van der Waals surface area contributed by atoms with Crippen LogP contribution in [-0.4, -0.2) is 46.2 Å². The van der Waals surface area contributed by atoms with E-state index in [2.05, 4.69) is 34.0 Å². The zero-order chi connectivity index (χ0) is 18.7. The molecule has 0 radical (unpaired) electrons. The molecule has 3 heterocycles. The number of carbonyl (C=O) groups excluding carboxylic acids is 1. The van der Waals surface area contributed by atoms with Gasteiger partial charge in [0, 0.05) is 45.5 Å². The first-order valence-corrected chi connectivity index (χ1v) is 9.39. The van der Waals surface area contributed by atoms with Crippen LogP contribution in [0.5, 0.6) is 0 Å². The molecule has 1 aliphatic rings. The Morgan fingerprint density at radius 3 is 2.81 bits per heavy atom. The van der Waals surface area contributed by atoms with Crippen LogP contribution in [-0.2, 0) is 11.3 Å². The number of likely N-dealkylation sites (tertiary alicyclic amines) is 1. The fourth-order valence-electron chi connectivity index (χ4n) is 3.72. The molecule has 0 N–H and O–H groups in total. The summed E-state index contributed by atoms with van der Waals surface area (Å²) in [6.45, 7) is 5.71. The largest absolute Gasteiger partial charge is 0.363 e. The Morgan fingerprint density at radius 1 is 1.31 bits per heavy atom. The van der Waals surface area contributed by atoms with Gasteiger partial charge < -0.3 is 9.80 Å². The van der Waals surface area contributed by atoms with Crippen LogP contribution < -0.4 is 4.90 Å². The van der Waals surface area contributed by atoms with Crippen molar-refractivity contribution < 1.29 is 4.79 Å². The highest BCUT2D eigenvalue weighted by Gasteiger charge is 2.29. The summed E-state index contributed by atoms with van der Waals surface area (Å²) in [7, 11) is 3.98. The first kappa shape index (κ1) is 18.4. The van der Waals surface area contributed by atoms with Crippen molar-refractivity contribution in [3.63, 3.8) is 0 Å². The molecule has 0 aliphatic carbocycles. The lowest BCUT2D eigenvalue weighted by molar-refractivity contribution is -0.132. The van der Waals surface area contributed by atoms with E-state index in [9.17, 15) is 4.79 Å². The van der Waals surface area contributed by atoms with E-state index in [0.717, 1.165) is 49.6 Å². The van der Waals surface area contributed by atoms with Crippen molar-refractivity contribution in [2.24, 2.45) is 0 Å². The summed E-state index contributed by atoms with van der Waals surface area (Å²) in [4.78, 5) is 21.2. The minimum Gasteiger partial charge on any atom is -0.363 e. The third-order valence-corrected chi connectivity index (χ3v) is 5.05. The standard InChI is InChI=1S/C20H29N5O/c1-15-13-16(2)25(22-15)12-6-8-20(26)24-11-5-7-18(24)17-9-10-21-19(14-17)23(3)4/h9-10,13-14,18H,5-8,11-12H2,1-4H3/t18-/m0/s1. The van der Waals surface area contributed by atoms with Gasteiger partial charge in [0.1, 0.15) is 5.82 Å². The number of amides is 1. The van der Waals surface area contributed by atoms with Crippen molar-refractivity contribution >= 4 is 11.7 Å². The molecule has 1 aliphatic heterocycles. The summed E-state index contributed by atoms with van der Waals surface area (Å²) in [5.74, 6) is 1.18. The van der Waals surface area contributed by atoms with Gasteiger partial charge in [0.2, 0.25) is 5.91 Å². The van der Waals surface area contributed by atoms with Crippen LogP contribution >= 0.6 is 0 Å². The lowest BCUT2D eigenvalue weighted by Gasteiger charge is -2.26. The quantitative estimate of drug-likeness (QED) is 0.799. The van der Waals surface area contributed by atoms with Crippen molar-refractivity contribution in [3.05, 3.63) is 41.3 Å². The van der Waals surface area contributed by atoms with Gasteiger partial charge >= 0.3 is 0 Å². The van der Waals surface area contributed by atoms with Gasteiger partial charge in [-0.2, -0.15) is 5.10 Å². The number of aromatic nitrogens is 3. The maximum Gasteiger partial charge on any atom is 0.223 e. The number of rotatable bonds is 6. The van der Waals surface area contributed by atoms with Crippen LogP contribution in [0.1, 0.15) is 48.7 Å². The molecule has 3 rings (SSSR count). The summed E-state index contributed by atoms with van der Waals surface area (Å²) in [5, 5.41) is 4.47. The smallest absolute Gasteiger partial charge is 0.223 e. The average molecular weight is 355 g/mol. The summed E-state index contributed by atoms with van der Waals surface area (Å²) < 4.78 is 2.00. The Morgan fingerprint density at radius 2 is 2.12 bits per heavy atom. The van der Waals surface area contributed by atoms with Crippen molar-refractivity contribution in [3.8, 4) is 0 Å². The molecular weight excluding hydrogens is 326 g/mol.